The molecule has 20 heavy (non-hydrogen) atoms. The highest BCUT2D eigenvalue weighted by molar-refractivity contribution is 5.96. The second-order valence-electron chi connectivity index (χ2n) is 4.38. The summed E-state index contributed by atoms with van der Waals surface area (Å²) in [7, 11) is 1.64. The van der Waals surface area contributed by atoms with Crippen molar-refractivity contribution < 1.29 is 14.7 Å². The van der Waals surface area contributed by atoms with E-state index >= 15 is 0 Å². The van der Waals surface area contributed by atoms with Crippen molar-refractivity contribution in [3.63, 3.8) is 0 Å². The maximum Gasteiger partial charge on any atom is 0.328 e. The van der Waals surface area contributed by atoms with Crippen LogP contribution in [0.3, 0.4) is 0 Å². The Labute approximate surface area is 117 Å². The molecule has 0 fully saturated rings. The van der Waals surface area contributed by atoms with Gasteiger partial charge in [0.1, 0.15) is 0 Å². The predicted octanol–water partition coefficient (Wildman–Crippen LogP) is 2.08. The summed E-state index contributed by atoms with van der Waals surface area (Å²) in [6, 6.07) is 7.17. The third kappa shape index (κ3) is 4.25. The average Bonchev–Trinajstić information content (AvgIpc) is 2.43. The normalized spacial score (nSPS) is 10.2. The first-order valence-electron chi connectivity index (χ1n) is 6.09. The Morgan fingerprint density at radius 2 is 2.15 bits per heavy atom. The van der Waals surface area contributed by atoms with Crippen molar-refractivity contribution >= 4 is 18.0 Å². The third-order valence-electron chi connectivity index (χ3n) is 2.82. The zero-order chi connectivity index (χ0) is 15.1. The van der Waals surface area contributed by atoms with E-state index in [1.165, 1.54) is 11.0 Å². The van der Waals surface area contributed by atoms with Gasteiger partial charge in [-0.1, -0.05) is 12.1 Å². The molecule has 1 rings (SSSR count). The van der Waals surface area contributed by atoms with Gasteiger partial charge in [0.2, 0.25) is 0 Å². The number of nitrogens with zero attached hydrogens (tertiary/aromatic N) is 2. The first-order chi connectivity index (χ1) is 9.45. The molecule has 5 nitrogen and oxygen atoms in total. The van der Waals surface area contributed by atoms with Crippen molar-refractivity contribution in [1.82, 2.24) is 4.90 Å². The minimum atomic E-state index is -1.04. The summed E-state index contributed by atoms with van der Waals surface area (Å²) < 4.78 is 0. The van der Waals surface area contributed by atoms with Crippen molar-refractivity contribution in [3.8, 4) is 6.07 Å². The molecule has 104 valence electrons. The van der Waals surface area contributed by atoms with Crippen LogP contribution in [-0.2, 0) is 4.79 Å². The largest absolute Gasteiger partial charge is 0.478 e. The number of aliphatic carboxylic acids is 1. The molecular formula is C15H16N2O3. The molecule has 0 heterocycles. The van der Waals surface area contributed by atoms with Crippen LogP contribution in [-0.4, -0.2) is 35.5 Å². The van der Waals surface area contributed by atoms with E-state index in [0.717, 1.165) is 11.6 Å². The Bertz CT molecular complexity index is 585. The lowest BCUT2D eigenvalue weighted by Crippen LogP contribution is -2.28. The zero-order valence-electron chi connectivity index (χ0n) is 11.5. The van der Waals surface area contributed by atoms with E-state index in [0.29, 0.717) is 17.7 Å². The summed E-state index contributed by atoms with van der Waals surface area (Å²) in [4.78, 5) is 24.2. The molecule has 0 atom stereocenters. The van der Waals surface area contributed by atoms with Crippen molar-refractivity contribution in [3.05, 3.63) is 41.0 Å². The Morgan fingerprint density at radius 1 is 1.45 bits per heavy atom. The maximum atomic E-state index is 12.2. The van der Waals surface area contributed by atoms with E-state index in [-0.39, 0.29) is 12.3 Å². The number of hydrogen-bond donors (Lipinski definition) is 1. The first-order valence-corrected chi connectivity index (χ1v) is 6.09. The third-order valence-corrected chi connectivity index (χ3v) is 2.82. The highest BCUT2D eigenvalue weighted by Gasteiger charge is 2.14. The lowest BCUT2D eigenvalue weighted by atomic mass is 10.0. The van der Waals surface area contributed by atoms with E-state index < -0.39 is 5.97 Å². The first kappa shape index (κ1) is 15.4. The SMILES string of the molecule is Cc1ccc(C=CC(=O)O)cc1C(=O)N(C)CCC#N. The van der Waals surface area contributed by atoms with Crippen LogP contribution in [0.25, 0.3) is 6.08 Å². The predicted molar refractivity (Wildman–Crippen MR) is 75.0 cm³/mol. The van der Waals surface area contributed by atoms with Gasteiger partial charge in [-0.05, 0) is 30.2 Å². The lowest BCUT2D eigenvalue weighted by Gasteiger charge is -2.17. The van der Waals surface area contributed by atoms with Gasteiger partial charge in [0.05, 0.1) is 12.5 Å². The Kier molecular flexibility index (Phi) is 5.48. The second kappa shape index (κ2) is 7.10. The Balaban J connectivity index is 2.99. The van der Waals surface area contributed by atoms with Gasteiger partial charge < -0.3 is 10.0 Å². The fourth-order valence-electron chi connectivity index (χ4n) is 1.67. The van der Waals surface area contributed by atoms with Crippen molar-refractivity contribution in [2.45, 2.75) is 13.3 Å². The van der Waals surface area contributed by atoms with Crippen LogP contribution >= 0.6 is 0 Å². The van der Waals surface area contributed by atoms with E-state index in [4.69, 9.17) is 10.4 Å². The highest BCUT2D eigenvalue weighted by atomic mass is 16.4. The fourth-order valence-corrected chi connectivity index (χ4v) is 1.67. The quantitative estimate of drug-likeness (QED) is 0.832. The van der Waals surface area contributed by atoms with Crippen LogP contribution in [0.2, 0.25) is 0 Å². The molecular weight excluding hydrogens is 256 g/mol. The van der Waals surface area contributed by atoms with Gasteiger partial charge in [-0.3, -0.25) is 4.79 Å². The number of carboxylic acid groups (broad SMARTS) is 1. The van der Waals surface area contributed by atoms with Gasteiger partial charge in [-0.2, -0.15) is 5.26 Å². The maximum absolute atomic E-state index is 12.2. The molecule has 0 spiro atoms. The molecule has 1 aromatic rings. The molecule has 1 amide bonds. The topological polar surface area (TPSA) is 81.4 Å². The van der Waals surface area contributed by atoms with Crippen LogP contribution in [0.5, 0.6) is 0 Å². The number of carbonyl (C=O) groups excluding carboxylic acids is 1. The Morgan fingerprint density at radius 3 is 2.75 bits per heavy atom. The molecule has 0 bridgehead atoms. The lowest BCUT2D eigenvalue weighted by molar-refractivity contribution is -0.131. The van der Waals surface area contributed by atoms with Gasteiger partial charge in [0.25, 0.3) is 5.91 Å². The fraction of sp³-hybridized carbons (Fsp3) is 0.267. The molecule has 0 aliphatic rings. The molecule has 0 unspecified atom stereocenters. The summed E-state index contributed by atoms with van der Waals surface area (Å²) >= 11 is 0. The van der Waals surface area contributed by atoms with Gasteiger partial charge >= 0.3 is 5.97 Å². The summed E-state index contributed by atoms with van der Waals surface area (Å²) in [6.45, 7) is 2.18. The minimum Gasteiger partial charge on any atom is -0.478 e. The second-order valence-corrected chi connectivity index (χ2v) is 4.38. The number of carboxylic acids is 1. The van der Waals surface area contributed by atoms with E-state index in [2.05, 4.69) is 0 Å². The number of rotatable bonds is 5. The standard InChI is InChI=1S/C15H16N2O3/c1-11-4-5-12(6-7-14(18)19)10-13(11)15(20)17(2)9-3-8-16/h4-7,10H,3,9H2,1-2H3,(H,18,19). The number of hydrogen-bond acceptors (Lipinski definition) is 3. The molecule has 1 aromatic carbocycles. The Hall–Kier alpha value is -2.61. The molecule has 0 aliphatic carbocycles. The van der Waals surface area contributed by atoms with Crippen LogP contribution in [0.4, 0.5) is 0 Å². The molecule has 0 aliphatic heterocycles. The van der Waals surface area contributed by atoms with Crippen molar-refractivity contribution in [2.24, 2.45) is 0 Å². The monoisotopic (exact) mass is 272 g/mol. The average molecular weight is 272 g/mol. The number of carbonyl (C=O) groups is 2. The zero-order valence-corrected chi connectivity index (χ0v) is 11.5. The van der Waals surface area contributed by atoms with Crippen molar-refractivity contribution in [2.75, 3.05) is 13.6 Å². The summed E-state index contributed by atoms with van der Waals surface area (Å²) in [6.07, 6.45) is 2.74. The van der Waals surface area contributed by atoms with Crippen LogP contribution < -0.4 is 0 Å². The number of amides is 1. The van der Waals surface area contributed by atoms with E-state index in [9.17, 15) is 9.59 Å². The molecule has 0 saturated heterocycles. The number of aryl methyl sites for hydroxylation is 1. The smallest absolute Gasteiger partial charge is 0.328 e. The van der Waals surface area contributed by atoms with Crippen LogP contribution in [0.15, 0.2) is 24.3 Å². The van der Waals surface area contributed by atoms with Gasteiger partial charge in [-0.15, -0.1) is 0 Å². The summed E-state index contributed by atoms with van der Waals surface area (Å²) in [5, 5.41) is 17.1. The summed E-state index contributed by atoms with van der Waals surface area (Å²) in [5.74, 6) is -1.21. The number of nitriles is 1. The van der Waals surface area contributed by atoms with E-state index in [1.807, 2.05) is 13.0 Å². The highest BCUT2D eigenvalue weighted by Crippen LogP contribution is 2.14. The van der Waals surface area contributed by atoms with Crippen LogP contribution in [0.1, 0.15) is 27.9 Å². The number of benzene rings is 1. The van der Waals surface area contributed by atoms with E-state index in [1.54, 1.807) is 25.2 Å². The summed E-state index contributed by atoms with van der Waals surface area (Å²) in [5.41, 5.74) is 1.97. The van der Waals surface area contributed by atoms with Gasteiger partial charge in [0.15, 0.2) is 0 Å². The molecule has 0 saturated carbocycles. The van der Waals surface area contributed by atoms with Gasteiger partial charge in [-0.25, -0.2) is 4.79 Å². The minimum absolute atomic E-state index is 0.177. The van der Waals surface area contributed by atoms with Crippen LogP contribution in [0, 0.1) is 18.3 Å². The van der Waals surface area contributed by atoms with Gasteiger partial charge in [0, 0.05) is 25.2 Å². The molecule has 1 N–H and O–H groups in total. The molecule has 0 radical (unpaired) electrons. The van der Waals surface area contributed by atoms with Crippen molar-refractivity contribution in [1.29, 1.82) is 5.26 Å². The molecule has 5 heteroatoms. The molecule has 0 aromatic heterocycles.